The number of carbonyl (C=O) groups is 1. The summed E-state index contributed by atoms with van der Waals surface area (Å²) >= 11 is 5.86. The van der Waals surface area contributed by atoms with Crippen LogP contribution in [-0.2, 0) is 14.3 Å². The van der Waals surface area contributed by atoms with Crippen molar-refractivity contribution in [3.63, 3.8) is 0 Å². The number of carbonyl (C=O) groups excluding carboxylic acids is 1. The number of rotatable bonds is 4. The third-order valence-corrected chi connectivity index (χ3v) is 4.39. The second-order valence-corrected chi connectivity index (χ2v) is 7.03. The van der Waals surface area contributed by atoms with Crippen LogP contribution in [-0.4, -0.2) is 25.5 Å². The molecule has 1 N–H and O–H groups in total. The molecular weight excluding hydrogens is 399 g/mol. The fourth-order valence-corrected chi connectivity index (χ4v) is 2.70. The van der Waals surface area contributed by atoms with Gasteiger partial charge in [-0.2, -0.15) is 0 Å². The highest BCUT2D eigenvalue weighted by Gasteiger charge is 2.40. The molecule has 0 spiro atoms. The molecule has 1 aliphatic heterocycles. The van der Waals surface area contributed by atoms with E-state index < -0.39 is 18.1 Å². The number of hydrogen-bond acceptors (Lipinski definition) is 4. The van der Waals surface area contributed by atoms with Crippen molar-refractivity contribution in [1.82, 2.24) is 0 Å². The van der Waals surface area contributed by atoms with E-state index in [1.165, 1.54) is 12.1 Å². The molecule has 28 heavy (non-hydrogen) atoms. The maximum atomic E-state index is 12.6. The minimum absolute atomic E-state index is 0.112. The molecule has 150 valence electrons. The molecule has 0 saturated carbocycles. The molecule has 0 radical (unpaired) electrons. The molecule has 1 heterocycles. The molecule has 1 saturated heterocycles. The Balaban J connectivity index is 1.58. The normalized spacial score (nSPS) is 22.5. The molecule has 5 nitrogen and oxygen atoms in total. The van der Waals surface area contributed by atoms with Crippen molar-refractivity contribution in [2.24, 2.45) is 5.41 Å². The number of amides is 1. The van der Waals surface area contributed by atoms with Gasteiger partial charge >= 0.3 is 6.36 Å². The van der Waals surface area contributed by atoms with Crippen LogP contribution in [0.4, 0.5) is 18.9 Å². The Labute approximate surface area is 164 Å². The summed E-state index contributed by atoms with van der Waals surface area (Å²) in [4.78, 5) is 12.6. The van der Waals surface area contributed by atoms with Gasteiger partial charge in [-0.05, 0) is 43.3 Å². The Bertz CT molecular complexity index is 817. The molecule has 0 bridgehead atoms. The van der Waals surface area contributed by atoms with Crippen molar-refractivity contribution in [1.29, 1.82) is 0 Å². The molecule has 2 aromatic carbocycles. The van der Waals surface area contributed by atoms with Crippen LogP contribution in [0.1, 0.15) is 18.8 Å². The quantitative estimate of drug-likeness (QED) is 0.769. The summed E-state index contributed by atoms with van der Waals surface area (Å²) in [5.41, 5.74) is 0.164. The Hall–Kier alpha value is -2.29. The first-order chi connectivity index (χ1) is 13.1. The van der Waals surface area contributed by atoms with Gasteiger partial charge in [-0.25, -0.2) is 0 Å². The molecule has 1 fully saturated rings. The van der Waals surface area contributed by atoms with Crippen LogP contribution < -0.4 is 10.1 Å². The fraction of sp³-hybridized carbons (Fsp3) is 0.316. The first-order valence-electron chi connectivity index (χ1n) is 8.31. The third kappa shape index (κ3) is 5.15. The molecular formula is C19H17ClF3NO4. The number of hydrogen-bond donors (Lipinski definition) is 1. The third-order valence-electron chi connectivity index (χ3n) is 4.14. The van der Waals surface area contributed by atoms with E-state index in [0.29, 0.717) is 10.7 Å². The minimum atomic E-state index is -4.77. The van der Waals surface area contributed by atoms with Crippen LogP contribution in [0.3, 0.4) is 0 Å². The molecule has 1 aliphatic rings. The molecule has 2 aromatic rings. The smallest absolute Gasteiger partial charge is 0.406 e. The Kier molecular flexibility index (Phi) is 5.83. The van der Waals surface area contributed by atoms with Crippen LogP contribution in [0.25, 0.3) is 0 Å². The zero-order valence-electron chi connectivity index (χ0n) is 14.8. The summed E-state index contributed by atoms with van der Waals surface area (Å²) in [7, 11) is 0. The van der Waals surface area contributed by atoms with Gasteiger partial charge in [0.2, 0.25) is 5.91 Å². The van der Waals surface area contributed by atoms with Crippen molar-refractivity contribution in [3.05, 3.63) is 59.1 Å². The van der Waals surface area contributed by atoms with Crippen molar-refractivity contribution in [3.8, 4) is 5.75 Å². The van der Waals surface area contributed by atoms with Gasteiger partial charge in [-0.3, -0.25) is 4.79 Å². The van der Waals surface area contributed by atoms with Gasteiger partial charge in [0.25, 0.3) is 0 Å². The second kappa shape index (κ2) is 7.98. The number of benzene rings is 2. The molecule has 0 unspecified atom stereocenters. The fourth-order valence-electron chi connectivity index (χ4n) is 2.57. The van der Waals surface area contributed by atoms with E-state index in [-0.39, 0.29) is 24.9 Å². The zero-order valence-corrected chi connectivity index (χ0v) is 15.5. The average Bonchev–Trinajstić information content (AvgIpc) is 2.63. The lowest BCUT2D eigenvalue weighted by Crippen LogP contribution is -2.45. The topological polar surface area (TPSA) is 56.8 Å². The van der Waals surface area contributed by atoms with Crippen LogP contribution >= 0.6 is 11.6 Å². The van der Waals surface area contributed by atoms with Crippen molar-refractivity contribution < 1.29 is 32.2 Å². The summed E-state index contributed by atoms with van der Waals surface area (Å²) < 4.78 is 51.7. The maximum absolute atomic E-state index is 12.6. The number of nitrogens with one attached hydrogen (secondary N) is 1. The van der Waals surface area contributed by atoms with Crippen LogP contribution in [0.5, 0.6) is 5.75 Å². The van der Waals surface area contributed by atoms with Gasteiger partial charge in [-0.1, -0.05) is 23.7 Å². The highest BCUT2D eigenvalue weighted by Crippen LogP contribution is 2.33. The highest BCUT2D eigenvalue weighted by atomic mass is 35.5. The minimum Gasteiger partial charge on any atom is -0.406 e. The summed E-state index contributed by atoms with van der Waals surface area (Å²) in [6.07, 6.45) is -5.37. The van der Waals surface area contributed by atoms with Crippen LogP contribution in [0, 0.1) is 5.41 Å². The molecule has 1 amide bonds. The average molecular weight is 416 g/mol. The van der Waals surface area contributed by atoms with Crippen molar-refractivity contribution in [2.75, 3.05) is 18.5 Å². The maximum Gasteiger partial charge on any atom is 0.573 e. The first-order valence-corrected chi connectivity index (χ1v) is 8.68. The number of alkyl halides is 3. The van der Waals surface area contributed by atoms with E-state index in [1.54, 1.807) is 31.2 Å². The van der Waals surface area contributed by atoms with E-state index in [9.17, 15) is 18.0 Å². The molecule has 0 atom stereocenters. The largest absolute Gasteiger partial charge is 0.573 e. The van der Waals surface area contributed by atoms with E-state index in [1.807, 2.05) is 0 Å². The lowest BCUT2D eigenvalue weighted by atomic mass is 9.90. The standard InChI is InChI=1S/C19H17ClF3NO4/c1-18(10-26-16(27-11-18)12-2-4-13(20)5-3-12)17(25)24-14-6-8-15(9-7-14)28-19(21,22)23/h2-9,16H,10-11H2,1H3,(H,24,25). The van der Waals surface area contributed by atoms with Crippen LogP contribution in [0.15, 0.2) is 48.5 Å². The van der Waals surface area contributed by atoms with Gasteiger partial charge in [0, 0.05) is 16.3 Å². The van der Waals surface area contributed by atoms with E-state index >= 15 is 0 Å². The van der Waals surface area contributed by atoms with E-state index in [2.05, 4.69) is 10.1 Å². The molecule has 3 rings (SSSR count). The SMILES string of the molecule is CC1(C(=O)Nc2ccc(OC(F)(F)F)cc2)COC(c2ccc(Cl)cc2)OC1. The predicted octanol–water partition coefficient (Wildman–Crippen LogP) is 4.93. The van der Waals surface area contributed by atoms with Gasteiger partial charge in [0.15, 0.2) is 6.29 Å². The highest BCUT2D eigenvalue weighted by molar-refractivity contribution is 6.30. The first kappa shape index (κ1) is 20.4. The Morgan fingerprint density at radius 2 is 1.68 bits per heavy atom. The van der Waals surface area contributed by atoms with E-state index in [4.69, 9.17) is 21.1 Å². The summed E-state index contributed by atoms with van der Waals surface area (Å²) in [5, 5.41) is 3.24. The number of anilines is 1. The number of halogens is 4. The number of ether oxygens (including phenoxy) is 3. The molecule has 0 aliphatic carbocycles. The van der Waals surface area contributed by atoms with Crippen molar-refractivity contribution in [2.45, 2.75) is 19.6 Å². The summed E-state index contributed by atoms with van der Waals surface area (Å²) in [6.45, 7) is 1.91. The van der Waals surface area contributed by atoms with E-state index in [0.717, 1.165) is 17.7 Å². The monoisotopic (exact) mass is 415 g/mol. The Morgan fingerprint density at radius 3 is 2.21 bits per heavy atom. The zero-order chi connectivity index (χ0) is 20.4. The van der Waals surface area contributed by atoms with Gasteiger partial charge in [-0.15, -0.1) is 13.2 Å². The van der Waals surface area contributed by atoms with Gasteiger partial charge < -0.3 is 19.5 Å². The second-order valence-electron chi connectivity index (χ2n) is 6.59. The Morgan fingerprint density at radius 1 is 1.11 bits per heavy atom. The predicted molar refractivity (Wildman–Crippen MR) is 96.0 cm³/mol. The van der Waals surface area contributed by atoms with Crippen LogP contribution in [0.2, 0.25) is 5.02 Å². The summed E-state index contributed by atoms with van der Waals surface area (Å²) in [5.74, 6) is -0.738. The van der Waals surface area contributed by atoms with Gasteiger partial charge in [0.1, 0.15) is 5.75 Å². The molecule has 0 aromatic heterocycles. The van der Waals surface area contributed by atoms with Crippen molar-refractivity contribution >= 4 is 23.2 Å². The van der Waals surface area contributed by atoms with Gasteiger partial charge in [0.05, 0.1) is 18.6 Å². The molecule has 9 heteroatoms. The summed E-state index contributed by atoms with van der Waals surface area (Å²) in [6, 6.07) is 11.9. The lowest BCUT2D eigenvalue weighted by Gasteiger charge is -2.36. The lowest BCUT2D eigenvalue weighted by molar-refractivity contribution is -0.274.